The third-order valence-electron chi connectivity index (χ3n) is 9.80. The van der Waals surface area contributed by atoms with Crippen molar-refractivity contribution in [1.82, 2.24) is 0 Å². The average molecular weight is 672 g/mol. The van der Waals surface area contributed by atoms with E-state index in [-0.39, 0.29) is 36.5 Å². The van der Waals surface area contributed by atoms with Crippen LogP contribution in [-0.4, -0.2) is 70.4 Å². The molecule has 3 fully saturated rings. The monoisotopic (exact) mass is 670 g/mol. The molecule has 4 rings (SSSR count). The number of aliphatic hydroxyl groups excluding tert-OH is 1. The first-order valence-corrected chi connectivity index (χ1v) is 16.0. The van der Waals surface area contributed by atoms with E-state index >= 15 is 0 Å². The Morgan fingerprint density at radius 3 is 2.42 bits per heavy atom. The number of rotatable bonds is 7. The van der Waals surface area contributed by atoms with Crippen molar-refractivity contribution < 1.29 is 48.6 Å². The van der Waals surface area contributed by atoms with Gasteiger partial charge < -0.3 is 39.0 Å². The number of benzene rings is 1. The molecule has 3 bridgehead atoms. The van der Waals surface area contributed by atoms with Crippen LogP contribution in [0.4, 0.5) is 0 Å². The highest BCUT2D eigenvalue weighted by atomic mass is 79.9. The van der Waals surface area contributed by atoms with Gasteiger partial charge in [0.2, 0.25) is 0 Å². The van der Waals surface area contributed by atoms with Crippen LogP contribution in [0.1, 0.15) is 91.7 Å². The molecule has 0 aromatic heterocycles. The third kappa shape index (κ3) is 7.07. The minimum absolute atomic E-state index is 0.0509. The van der Waals surface area contributed by atoms with Crippen molar-refractivity contribution in [1.29, 1.82) is 0 Å². The van der Waals surface area contributed by atoms with E-state index in [1.54, 1.807) is 19.2 Å². The van der Waals surface area contributed by atoms with Crippen molar-refractivity contribution in [3.8, 4) is 5.75 Å². The molecule has 3 aliphatic rings. The summed E-state index contributed by atoms with van der Waals surface area (Å²) in [5.41, 5.74) is 0.239. The van der Waals surface area contributed by atoms with Crippen molar-refractivity contribution in [3.05, 3.63) is 28.2 Å². The summed E-state index contributed by atoms with van der Waals surface area (Å²) in [5, 5.41) is 32.2. The summed E-state index contributed by atoms with van der Waals surface area (Å²) in [7, 11) is 1.63. The van der Waals surface area contributed by atoms with E-state index in [0.29, 0.717) is 23.7 Å². The number of aromatic hydroxyl groups is 1. The molecular formula is C32H47BrO10. The number of carbonyl (C=O) groups is 2. The summed E-state index contributed by atoms with van der Waals surface area (Å²) in [4.78, 5) is 26.1. The molecule has 0 amide bonds. The molecule has 242 valence electrons. The molecule has 2 unspecified atom stereocenters. The van der Waals surface area contributed by atoms with Crippen LogP contribution in [0.25, 0.3) is 0 Å². The number of hydrogen-bond donors (Lipinski definition) is 3. The molecular weight excluding hydrogens is 624 g/mol. The Balaban J connectivity index is 1.66. The van der Waals surface area contributed by atoms with Crippen molar-refractivity contribution in [2.24, 2.45) is 23.2 Å². The van der Waals surface area contributed by atoms with Gasteiger partial charge in [0, 0.05) is 30.8 Å². The zero-order valence-electron chi connectivity index (χ0n) is 26.2. The molecule has 0 aliphatic carbocycles. The van der Waals surface area contributed by atoms with Gasteiger partial charge in [0.05, 0.1) is 35.6 Å². The number of cyclic esters (lactones) is 1. The standard InChI is InChI=1S/C32H47BrO10/c1-17(8-11-24(39-7)21-9-10-22(33)23(35)12-21)29-19(3)26-15-32(42-29)30(5,6)14-18(2)31(38,43-32)16-28(37)40-25(20(4)34)13-27(36)41-26/h9-10,12,17-20,24-26,29,34-35,38H,8,11,13-16H2,1-7H3/t17-,18+,19-,20+,24-,25?,26?,29+,31-,32-/m0/s1. The van der Waals surface area contributed by atoms with Crippen LogP contribution in [0.15, 0.2) is 22.7 Å². The predicted octanol–water partition coefficient (Wildman–Crippen LogP) is 5.15. The molecule has 1 aromatic carbocycles. The number of ether oxygens (including phenoxy) is 5. The Bertz CT molecular complexity index is 1170. The normalized spacial score (nSPS) is 36.7. The molecule has 11 heteroatoms. The summed E-state index contributed by atoms with van der Waals surface area (Å²) in [6.07, 6.45) is -2.34. The fourth-order valence-corrected chi connectivity index (χ4v) is 7.22. The first-order chi connectivity index (χ1) is 20.0. The summed E-state index contributed by atoms with van der Waals surface area (Å²) < 4.78 is 31.3. The van der Waals surface area contributed by atoms with E-state index in [4.69, 9.17) is 23.7 Å². The van der Waals surface area contributed by atoms with E-state index in [1.165, 1.54) is 6.92 Å². The molecule has 43 heavy (non-hydrogen) atoms. The number of fused-ring (bicyclic) bond motifs is 2. The van der Waals surface area contributed by atoms with Crippen LogP contribution < -0.4 is 0 Å². The van der Waals surface area contributed by atoms with Crippen LogP contribution in [0.5, 0.6) is 5.75 Å². The second kappa shape index (κ2) is 12.9. The van der Waals surface area contributed by atoms with Crippen molar-refractivity contribution in [2.45, 2.75) is 122 Å². The van der Waals surface area contributed by atoms with Crippen molar-refractivity contribution >= 4 is 27.9 Å². The Hall–Kier alpha value is -1.76. The lowest BCUT2D eigenvalue weighted by Gasteiger charge is -2.61. The number of phenols is 1. The van der Waals surface area contributed by atoms with Crippen LogP contribution in [0.2, 0.25) is 0 Å². The van der Waals surface area contributed by atoms with Crippen LogP contribution in [0, 0.1) is 23.2 Å². The molecule has 0 saturated carbocycles. The topological polar surface area (TPSA) is 141 Å². The van der Waals surface area contributed by atoms with Crippen molar-refractivity contribution in [3.63, 3.8) is 0 Å². The summed E-state index contributed by atoms with van der Waals surface area (Å²) in [5.74, 6) is -5.19. The van der Waals surface area contributed by atoms with Crippen LogP contribution in [0.3, 0.4) is 0 Å². The average Bonchev–Trinajstić information content (AvgIpc) is 2.90. The van der Waals surface area contributed by atoms with Gasteiger partial charge in [0.25, 0.3) is 0 Å². The molecule has 3 N–H and O–H groups in total. The lowest BCUT2D eigenvalue weighted by Crippen LogP contribution is -2.68. The number of aliphatic hydroxyl groups is 2. The maximum atomic E-state index is 13.2. The van der Waals surface area contributed by atoms with Gasteiger partial charge >= 0.3 is 11.9 Å². The highest BCUT2D eigenvalue weighted by molar-refractivity contribution is 9.10. The maximum Gasteiger partial charge on any atom is 0.311 e. The molecule has 1 aromatic rings. The third-order valence-corrected chi connectivity index (χ3v) is 10.5. The highest BCUT2D eigenvalue weighted by Gasteiger charge is 2.64. The predicted molar refractivity (Wildman–Crippen MR) is 160 cm³/mol. The Morgan fingerprint density at radius 1 is 1.09 bits per heavy atom. The minimum atomic E-state index is -1.89. The molecule has 10 nitrogen and oxygen atoms in total. The number of esters is 2. The number of phenolic OH excluding ortho intramolecular Hbond substituents is 1. The zero-order chi connectivity index (χ0) is 31.9. The Kier molecular flexibility index (Phi) is 10.3. The SMILES string of the molecule is CO[C@@H](CC[C@H](C)[C@H]1O[C@@]23CC(OC(=O)CC([C@@H](C)O)OC(=O)C[C@](O)(O2)[C@H](C)CC3(C)C)[C@@H]1C)c1ccc(Br)c(O)c1. The fraction of sp³-hybridized carbons (Fsp3) is 0.750. The maximum absolute atomic E-state index is 13.2. The Labute approximate surface area is 262 Å². The molecule has 3 heterocycles. The van der Waals surface area contributed by atoms with Gasteiger partial charge in [-0.25, -0.2) is 0 Å². The first-order valence-electron chi connectivity index (χ1n) is 15.2. The number of methoxy groups -OCH3 is 1. The number of hydrogen-bond acceptors (Lipinski definition) is 10. The highest BCUT2D eigenvalue weighted by Crippen LogP contribution is 2.57. The van der Waals surface area contributed by atoms with Gasteiger partial charge in [-0.15, -0.1) is 0 Å². The minimum Gasteiger partial charge on any atom is -0.507 e. The number of halogens is 1. The lowest BCUT2D eigenvalue weighted by molar-refractivity contribution is -0.452. The summed E-state index contributed by atoms with van der Waals surface area (Å²) >= 11 is 3.32. The van der Waals surface area contributed by atoms with Gasteiger partial charge in [0.1, 0.15) is 18.0 Å². The van der Waals surface area contributed by atoms with Crippen LogP contribution >= 0.6 is 15.9 Å². The van der Waals surface area contributed by atoms with E-state index in [9.17, 15) is 24.9 Å². The van der Waals surface area contributed by atoms with Gasteiger partial charge in [-0.3, -0.25) is 9.59 Å². The van der Waals surface area contributed by atoms with E-state index in [2.05, 4.69) is 22.9 Å². The molecule has 0 radical (unpaired) electrons. The smallest absolute Gasteiger partial charge is 0.311 e. The largest absolute Gasteiger partial charge is 0.507 e. The van der Waals surface area contributed by atoms with Gasteiger partial charge in [-0.1, -0.05) is 40.7 Å². The number of carbonyl (C=O) groups excluding carboxylic acids is 2. The molecule has 1 spiro atoms. The van der Waals surface area contributed by atoms with Crippen LogP contribution in [-0.2, 0) is 33.3 Å². The molecule has 3 saturated heterocycles. The summed E-state index contributed by atoms with van der Waals surface area (Å²) in [6.45, 7) is 11.3. The zero-order valence-corrected chi connectivity index (χ0v) is 27.8. The lowest BCUT2D eigenvalue weighted by atomic mass is 9.66. The van der Waals surface area contributed by atoms with E-state index in [0.717, 1.165) is 5.56 Å². The van der Waals surface area contributed by atoms with Gasteiger partial charge in [0.15, 0.2) is 11.6 Å². The quantitative estimate of drug-likeness (QED) is 0.334. The second-order valence-corrected chi connectivity index (χ2v) is 14.4. The molecule has 3 aliphatic heterocycles. The van der Waals surface area contributed by atoms with Crippen molar-refractivity contribution in [2.75, 3.05) is 7.11 Å². The second-order valence-electron chi connectivity index (χ2n) is 13.5. The van der Waals surface area contributed by atoms with E-state index in [1.807, 2.05) is 33.8 Å². The van der Waals surface area contributed by atoms with Gasteiger partial charge in [-0.05, 0) is 65.7 Å². The Morgan fingerprint density at radius 2 is 1.79 bits per heavy atom. The first kappa shape index (κ1) is 34.1. The van der Waals surface area contributed by atoms with E-state index < -0.39 is 65.7 Å². The summed E-state index contributed by atoms with van der Waals surface area (Å²) in [6, 6.07) is 5.37. The van der Waals surface area contributed by atoms with Gasteiger partial charge in [-0.2, -0.15) is 0 Å². The molecule has 10 atom stereocenters. The fourth-order valence-electron chi connectivity index (χ4n) is 6.98.